The number of aromatic nitrogens is 2. The van der Waals surface area contributed by atoms with E-state index in [-0.39, 0.29) is 6.42 Å². The maximum absolute atomic E-state index is 12.9. The van der Waals surface area contributed by atoms with Gasteiger partial charge in [0.2, 0.25) is 0 Å². The number of aliphatic carboxylic acids is 1. The van der Waals surface area contributed by atoms with Gasteiger partial charge < -0.3 is 0 Å². The van der Waals surface area contributed by atoms with E-state index in [1.165, 1.54) is 0 Å². The molecule has 0 radical (unpaired) electrons. The molecule has 3 rings (SSSR count). The van der Waals surface area contributed by atoms with Gasteiger partial charge in [0.25, 0.3) is 0 Å². The van der Waals surface area contributed by atoms with Crippen LogP contribution in [0.2, 0.25) is 0 Å². The third kappa shape index (κ3) is 5.28. The number of benzene rings is 2. The molecule has 0 spiro atoms. The van der Waals surface area contributed by atoms with E-state index >= 15 is 0 Å². The molecule has 172 valence electrons. The first-order chi connectivity index (χ1) is 15.4. The van der Waals surface area contributed by atoms with Gasteiger partial charge in [-0.1, -0.05) is 0 Å². The first-order valence-electron chi connectivity index (χ1n) is 11.5. The summed E-state index contributed by atoms with van der Waals surface area (Å²) in [6.45, 7) is -3.66. The fourth-order valence-corrected chi connectivity index (χ4v) is 9.42. The van der Waals surface area contributed by atoms with Gasteiger partial charge in [-0.2, -0.15) is 0 Å². The second kappa shape index (κ2) is 10.9. The van der Waals surface area contributed by atoms with Crippen LogP contribution in [0.3, 0.4) is 0 Å². The van der Waals surface area contributed by atoms with Crippen molar-refractivity contribution >= 4 is 28.7 Å². The van der Waals surface area contributed by atoms with E-state index in [4.69, 9.17) is 5.11 Å². The van der Waals surface area contributed by atoms with Crippen molar-refractivity contribution in [2.75, 3.05) is 6.16 Å². The van der Waals surface area contributed by atoms with Crippen LogP contribution in [0.15, 0.2) is 73.1 Å². The number of carbonyl (C=O) groups is 1. The Bertz CT molecular complexity index is 949. The number of nitrogens with zero attached hydrogens (tertiary/aromatic N) is 2. The van der Waals surface area contributed by atoms with E-state index in [1.807, 2.05) is 55.8 Å². The number of unbranched alkanes of at least 4 members (excludes halogenated alkanes) is 6. The van der Waals surface area contributed by atoms with Crippen LogP contribution in [-0.4, -0.2) is 31.9 Å². The van der Waals surface area contributed by atoms with Gasteiger partial charge in [-0.25, -0.2) is 0 Å². The number of carboxylic acids is 1. The molecule has 2 aromatic carbocycles. The third-order valence-corrected chi connectivity index (χ3v) is 11.7. The molecule has 0 fully saturated rings. The Labute approximate surface area is 191 Å². The predicted molar refractivity (Wildman–Crippen MR) is 134 cm³/mol. The molecule has 0 saturated heterocycles. The molecule has 0 saturated carbocycles. The Kier molecular flexibility index (Phi) is 8.22. The molecule has 6 heteroatoms. The van der Waals surface area contributed by atoms with Crippen molar-refractivity contribution in [3.63, 3.8) is 0 Å². The summed E-state index contributed by atoms with van der Waals surface area (Å²) in [6, 6.07) is 20.2. The monoisotopic (exact) mass is 454 g/mol. The molecule has 0 aliphatic carbocycles. The Morgan fingerprint density at radius 1 is 0.812 bits per heavy atom. The van der Waals surface area contributed by atoms with E-state index in [1.54, 1.807) is 4.68 Å². The summed E-state index contributed by atoms with van der Waals surface area (Å²) in [4.78, 5) is 23.6. The second-order valence-electron chi connectivity index (χ2n) is 8.64. The summed E-state index contributed by atoms with van der Waals surface area (Å²) in [5, 5.41) is 16.0. The number of rotatable bonds is 13. The summed E-state index contributed by atoms with van der Waals surface area (Å²) in [6.07, 6.45) is 11.7. The number of hydrogen-bond donors (Lipinski definition) is 2. The van der Waals surface area contributed by atoms with Crippen LogP contribution in [-0.2, 0) is 11.8 Å². The fraction of sp³-hybridized carbons (Fsp3) is 0.385. The molecule has 0 aliphatic heterocycles. The van der Waals surface area contributed by atoms with E-state index in [9.17, 15) is 9.69 Å². The average Bonchev–Trinajstić information content (AvgIpc) is 3.26. The standard InChI is InChI=1S/C26H35N2O3P/c1-28-22-25(21-27-28)32(31,23-15-9-7-10-16-23,24-17-11-8-12-18-24)20-14-6-4-2-3-5-13-19-26(29)30/h7-12,15-18,21-22,31H,2-6,13-14,19-20H2,1H3,(H,29,30). The Morgan fingerprint density at radius 3 is 1.78 bits per heavy atom. The van der Waals surface area contributed by atoms with E-state index in [0.717, 1.165) is 60.9 Å². The molecule has 0 atom stereocenters. The molecule has 1 heterocycles. The van der Waals surface area contributed by atoms with Crippen molar-refractivity contribution in [3.8, 4) is 0 Å². The Balaban J connectivity index is 1.80. The van der Waals surface area contributed by atoms with Crippen LogP contribution in [0, 0.1) is 0 Å². The zero-order chi connectivity index (χ0) is 22.9. The number of carboxylic acid groups (broad SMARTS) is 1. The van der Waals surface area contributed by atoms with Crippen LogP contribution in [0.4, 0.5) is 0 Å². The van der Waals surface area contributed by atoms with Gasteiger partial charge in [-0.3, -0.25) is 0 Å². The molecule has 0 amide bonds. The summed E-state index contributed by atoms with van der Waals surface area (Å²) >= 11 is 0. The molecule has 3 aromatic rings. The minimum atomic E-state index is -3.66. The van der Waals surface area contributed by atoms with Gasteiger partial charge in [-0.15, -0.1) is 0 Å². The van der Waals surface area contributed by atoms with Gasteiger partial charge in [-0.05, 0) is 0 Å². The van der Waals surface area contributed by atoms with Gasteiger partial charge >= 0.3 is 191 Å². The van der Waals surface area contributed by atoms with Crippen LogP contribution < -0.4 is 15.9 Å². The van der Waals surface area contributed by atoms with E-state index in [2.05, 4.69) is 29.4 Å². The Morgan fingerprint density at radius 2 is 1.31 bits per heavy atom. The summed E-state index contributed by atoms with van der Waals surface area (Å²) in [5.41, 5.74) is 0. The summed E-state index contributed by atoms with van der Waals surface area (Å²) < 4.78 is 1.77. The minimum absolute atomic E-state index is 0.262. The van der Waals surface area contributed by atoms with Gasteiger partial charge in [0.1, 0.15) is 0 Å². The SMILES string of the molecule is Cn1cc(P(O)(CCCCCCCCCC(=O)O)(c2ccccc2)c2ccccc2)cn1. The van der Waals surface area contributed by atoms with Crippen LogP contribution in [0.5, 0.6) is 0 Å². The van der Waals surface area contributed by atoms with Crippen molar-refractivity contribution in [2.45, 2.75) is 51.4 Å². The molecule has 0 bridgehead atoms. The van der Waals surface area contributed by atoms with Crippen molar-refractivity contribution in [2.24, 2.45) is 7.05 Å². The topological polar surface area (TPSA) is 75.4 Å². The maximum atomic E-state index is 12.9. The van der Waals surface area contributed by atoms with Crippen LogP contribution in [0.25, 0.3) is 0 Å². The van der Waals surface area contributed by atoms with Gasteiger partial charge in [0, 0.05) is 0 Å². The van der Waals surface area contributed by atoms with Crippen LogP contribution in [0.1, 0.15) is 51.4 Å². The molecule has 0 unspecified atom stereocenters. The molecule has 0 aliphatic rings. The molecular weight excluding hydrogens is 419 g/mol. The Hall–Kier alpha value is -2.49. The van der Waals surface area contributed by atoms with Crippen molar-refractivity contribution < 1.29 is 14.8 Å². The quantitative estimate of drug-likeness (QED) is 0.297. The zero-order valence-corrected chi connectivity index (χ0v) is 19.8. The molecule has 1 aromatic heterocycles. The summed E-state index contributed by atoms with van der Waals surface area (Å²) in [5.74, 6) is -0.712. The predicted octanol–water partition coefficient (Wildman–Crippen LogP) is 4.36. The molecule has 32 heavy (non-hydrogen) atoms. The van der Waals surface area contributed by atoms with Crippen molar-refractivity contribution in [1.29, 1.82) is 0 Å². The zero-order valence-electron chi connectivity index (χ0n) is 18.9. The number of hydrogen-bond acceptors (Lipinski definition) is 3. The third-order valence-electron chi connectivity index (χ3n) is 6.36. The van der Waals surface area contributed by atoms with Crippen molar-refractivity contribution in [3.05, 3.63) is 73.1 Å². The first-order valence-corrected chi connectivity index (χ1v) is 13.9. The van der Waals surface area contributed by atoms with Gasteiger partial charge in [0.15, 0.2) is 0 Å². The van der Waals surface area contributed by atoms with Crippen molar-refractivity contribution in [1.82, 2.24) is 9.78 Å². The van der Waals surface area contributed by atoms with Crippen LogP contribution >= 0.6 is 6.83 Å². The van der Waals surface area contributed by atoms with Gasteiger partial charge in [0.05, 0.1) is 0 Å². The normalized spacial score (nSPS) is 12.9. The number of aryl methyl sites for hydroxylation is 1. The molecule has 5 nitrogen and oxygen atoms in total. The second-order valence-corrected chi connectivity index (χ2v) is 13.1. The molecular formula is C26H35N2O3P. The summed E-state index contributed by atoms with van der Waals surface area (Å²) in [7, 11) is 1.89. The van der Waals surface area contributed by atoms with E-state index in [0.29, 0.717) is 6.16 Å². The average molecular weight is 455 g/mol. The first kappa shape index (κ1) is 24.2. The molecule has 2 N–H and O–H groups in total. The van der Waals surface area contributed by atoms with E-state index < -0.39 is 12.8 Å². The fourth-order valence-electron chi connectivity index (χ4n) is 4.57.